The third-order valence-corrected chi connectivity index (χ3v) is 11.2. The Labute approximate surface area is 258 Å². The normalized spacial score (nSPS) is 26.2. The minimum Gasteiger partial charge on any atom is -0.235 e. The average Bonchev–Trinajstić information content (AvgIpc) is 3.49. The first-order chi connectivity index (χ1) is 19.6. The lowest BCUT2D eigenvalue weighted by Gasteiger charge is -2.41. The number of amides is 1. The number of hydrogen-bond acceptors (Lipinski definition) is 2. The van der Waals surface area contributed by atoms with Crippen molar-refractivity contribution in [2.24, 2.45) is 22.7 Å². The van der Waals surface area contributed by atoms with Crippen molar-refractivity contribution in [1.29, 1.82) is 0 Å². The summed E-state index contributed by atoms with van der Waals surface area (Å²) in [6.45, 7) is 7.18. The summed E-state index contributed by atoms with van der Waals surface area (Å²) in [5.41, 5.74) is 4.86. The number of rotatable bonds is 5. The molecule has 6 rings (SSSR count). The van der Waals surface area contributed by atoms with Gasteiger partial charge in [0.05, 0.1) is 22.8 Å². The van der Waals surface area contributed by atoms with Gasteiger partial charge in [0.2, 0.25) is 5.69 Å². The van der Waals surface area contributed by atoms with Crippen LogP contribution < -0.4 is 0 Å². The lowest BCUT2D eigenvalue weighted by Crippen LogP contribution is -2.34. The van der Waals surface area contributed by atoms with Gasteiger partial charge in [-0.1, -0.05) is 74.1 Å². The van der Waals surface area contributed by atoms with Crippen LogP contribution in [0.3, 0.4) is 0 Å². The summed E-state index contributed by atoms with van der Waals surface area (Å²) in [5, 5.41) is 6.69. The summed E-state index contributed by atoms with van der Waals surface area (Å²) in [4.78, 5) is 18.1. The van der Waals surface area contributed by atoms with Gasteiger partial charge in [-0.15, -0.1) is 0 Å². The van der Waals surface area contributed by atoms with Crippen LogP contribution in [0.25, 0.3) is 10.5 Å². The molecule has 3 aliphatic rings. The van der Waals surface area contributed by atoms with Crippen LogP contribution in [0.15, 0.2) is 42.5 Å². The molecule has 1 heterocycles. The van der Waals surface area contributed by atoms with Crippen molar-refractivity contribution in [3.05, 3.63) is 84.9 Å². The minimum atomic E-state index is -0.320. The molecule has 4 atom stereocenters. The molecule has 3 aromatic rings. The first-order valence-corrected chi connectivity index (χ1v) is 16.0. The zero-order chi connectivity index (χ0) is 28.9. The zero-order valence-electron chi connectivity index (χ0n) is 24.0. The van der Waals surface area contributed by atoms with E-state index in [9.17, 15) is 4.79 Å². The Hall–Kier alpha value is -2.32. The second-order valence-electron chi connectivity index (χ2n) is 13.2. The molecule has 2 saturated carbocycles. The summed E-state index contributed by atoms with van der Waals surface area (Å²) in [7, 11) is 0. The fraction of sp³-hybridized carbons (Fsp3) is 0.500. The molecule has 2 fully saturated rings. The van der Waals surface area contributed by atoms with E-state index in [-0.39, 0.29) is 17.2 Å². The topological polar surface area (TPSA) is 39.2 Å². The van der Waals surface area contributed by atoms with Crippen molar-refractivity contribution in [1.82, 2.24) is 9.78 Å². The van der Waals surface area contributed by atoms with E-state index in [1.54, 1.807) is 6.07 Å². The van der Waals surface area contributed by atoms with Crippen LogP contribution >= 0.6 is 34.8 Å². The van der Waals surface area contributed by atoms with Gasteiger partial charge in [-0.2, -0.15) is 9.89 Å². The first-order valence-electron chi connectivity index (χ1n) is 14.9. The maximum absolute atomic E-state index is 13.7. The summed E-state index contributed by atoms with van der Waals surface area (Å²) >= 11 is 19.3. The van der Waals surface area contributed by atoms with Crippen LogP contribution in [-0.4, -0.2) is 15.7 Å². The molecule has 1 amide bonds. The maximum atomic E-state index is 13.7. The molecule has 3 aliphatic carbocycles. The SMILES string of the molecule is CC12CCC(C1)C(C)(C)[C@H]2CC#[N+]C(=O)c1nn(-c2ccc(Cl)cc2Cl)c2c1CCCCC2Cc1cccc(Cl)c1. The molecule has 214 valence electrons. The van der Waals surface area contributed by atoms with Crippen LogP contribution in [0, 0.1) is 28.7 Å². The van der Waals surface area contributed by atoms with E-state index in [4.69, 9.17) is 39.9 Å². The largest absolute Gasteiger partial charge is 0.568 e. The average molecular weight is 610 g/mol. The highest BCUT2D eigenvalue weighted by Gasteiger charge is 2.59. The molecular weight excluding hydrogens is 573 g/mol. The summed E-state index contributed by atoms with van der Waals surface area (Å²) in [6.07, 6.45) is 9.15. The first kappa shape index (κ1) is 28.8. The number of carbonyl (C=O) groups excluding carboxylic acids is 1. The van der Waals surface area contributed by atoms with Crippen LogP contribution in [-0.2, 0) is 12.8 Å². The standard InChI is InChI=1S/C34H37Cl3N3O/c1-33(2)23-13-15-34(3,20-23)29(33)14-16-38-32(41)30-26-10-5-4-8-22(17-21-7-6-9-24(35)18-21)31(26)40(39-30)28-12-11-25(36)19-27(28)37/h6-7,9,11-12,18-19,22-23,29H,4-5,8,10,13-15,17,20H2,1-3H3/q+1/t22?,23?,29-,34?/m1/s1. The van der Waals surface area contributed by atoms with Gasteiger partial charge in [-0.05, 0) is 104 Å². The maximum Gasteiger partial charge on any atom is 0.568 e. The Morgan fingerprint density at radius 2 is 1.88 bits per heavy atom. The summed E-state index contributed by atoms with van der Waals surface area (Å²) in [5.74, 6) is 1.06. The van der Waals surface area contributed by atoms with Crippen LogP contribution in [0.4, 0.5) is 0 Å². The minimum absolute atomic E-state index is 0.148. The Bertz CT molecular complexity index is 1560. The van der Waals surface area contributed by atoms with Gasteiger partial charge < -0.3 is 0 Å². The van der Waals surface area contributed by atoms with E-state index in [0.717, 1.165) is 59.9 Å². The van der Waals surface area contributed by atoms with Gasteiger partial charge >= 0.3 is 5.91 Å². The van der Waals surface area contributed by atoms with Crippen molar-refractivity contribution < 1.29 is 4.79 Å². The van der Waals surface area contributed by atoms with Gasteiger partial charge in [-0.25, -0.2) is 4.68 Å². The van der Waals surface area contributed by atoms with Gasteiger partial charge in [0.1, 0.15) is 0 Å². The van der Waals surface area contributed by atoms with E-state index in [2.05, 4.69) is 37.8 Å². The van der Waals surface area contributed by atoms with Crippen molar-refractivity contribution in [2.45, 2.75) is 84.5 Å². The van der Waals surface area contributed by atoms with Crippen molar-refractivity contribution in [2.75, 3.05) is 0 Å². The number of carbonyl (C=O) groups is 1. The van der Waals surface area contributed by atoms with E-state index >= 15 is 0 Å². The molecule has 3 unspecified atom stereocenters. The molecule has 41 heavy (non-hydrogen) atoms. The molecule has 4 nitrogen and oxygen atoms in total. The van der Waals surface area contributed by atoms with E-state index in [0.29, 0.717) is 39.2 Å². The van der Waals surface area contributed by atoms with E-state index < -0.39 is 0 Å². The van der Waals surface area contributed by atoms with Gasteiger partial charge in [-0.3, -0.25) is 0 Å². The third-order valence-electron chi connectivity index (χ3n) is 10.4. The highest BCUT2D eigenvalue weighted by molar-refractivity contribution is 6.35. The van der Waals surface area contributed by atoms with E-state index in [1.807, 2.05) is 35.0 Å². The van der Waals surface area contributed by atoms with Gasteiger partial charge in [0, 0.05) is 26.4 Å². The number of aromatic nitrogens is 2. The molecular formula is C34H37Cl3N3O+. The Kier molecular flexibility index (Phi) is 7.77. The monoisotopic (exact) mass is 608 g/mol. The van der Waals surface area contributed by atoms with E-state index in [1.165, 1.54) is 19.3 Å². The summed E-state index contributed by atoms with van der Waals surface area (Å²) in [6, 6.07) is 16.6. The van der Waals surface area contributed by atoms with Crippen LogP contribution in [0.2, 0.25) is 15.1 Å². The number of nitrogens with zero attached hydrogens (tertiary/aromatic N) is 3. The highest BCUT2D eigenvalue weighted by Crippen LogP contribution is 2.66. The molecule has 7 heteroatoms. The van der Waals surface area contributed by atoms with Gasteiger partial charge in [0.15, 0.2) is 0 Å². The second-order valence-corrected chi connectivity index (χ2v) is 14.5. The third kappa shape index (κ3) is 5.35. The molecule has 1 aromatic heterocycles. The molecule has 0 aliphatic heterocycles. The Morgan fingerprint density at radius 1 is 1.07 bits per heavy atom. The second kappa shape index (κ2) is 11.1. The van der Waals surface area contributed by atoms with Crippen molar-refractivity contribution in [3.63, 3.8) is 0 Å². The number of halogens is 3. The lowest BCUT2D eigenvalue weighted by atomic mass is 9.63. The molecule has 0 saturated heterocycles. The zero-order valence-corrected chi connectivity index (χ0v) is 26.3. The van der Waals surface area contributed by atoms with Crippen molar-refractivity contribution in [3.8, 4) is 11.8 Å². The molecule has 2 aromatic carbocycles. The number of benzene rings is 2. The molecule has 0 N–H and O–H groups in total. The van der Waals surface area contributed by atoms with Crippen molar-refractivity contribution >= 4 is 40.7 Å². The lowest BCUT2D eigenvalue weighted by molar-refractivity contribution is 0.0786. The Morgan fingerprint density at radius 3 is 2.61 bits per heavy atom. The predicted octanol–water partition coefficient (Wildman–Crippen LogP) is 10.2. The fourth-order valence-electron chi connectivity index (χ4n) is 8.29. The van der Waals surface area contributed by atoms with Crippen LogP contribution in [0.5, 0.6) is 0 Å². The molecule has 0 spiro atoms. The smallest absolute Gasteiger partial charge is 0.235 e. The fourth-order valence-corrected chi connectivity index (χ4v) is 8.99. The number of fused-ring (bicyclic) bond motifs is 3. The van der Waals surface area contributed by atoms with Gasteiger partial charge in [0.25, 0.3) is 6.07 Å². The highest BCUT2D eigenvalue weighted by atomic mass is 35.5. The quantitative estimate of drug-likeness (QED) is 0.270. The summed E-state index contributed by atoms with van der Waals surface area (Å²) < 4.78 is 1.87. The number of hydrogen-bond donors (Lipinski definition) is 0. The predicted molar refractivity (Wildman–Crippen MR) is 168 cm³/mol. The molecule has 2 bridgehead atoms. The van der Waals surface area contributed by atoms with Crippen LogP contribution in [0.1, 0.15) is 98.9 Å². The molecule has 0 radical (unpaired) electrons. The Balaban J connectivity index is 1.38.